The molecule has 1 heterocycles. The first kappa shape index (κ1) is 19.9. The number of rotatable bonds is 7. The monoisotopic (exact) mass is 396 g/mol. The van der Waals surface area contributed by atoms with Gasteiger partial charge in [-0.2, -0.15) is 0 Å². The van der Waals surface area contributed by atoms with Crippen LogP contribution in [0.1, 0.15) is 28.6 Å². The first-order valence-electron chi connectivity index (χ1n) is 7.77. The van der Waals surface area contributed by atoms with Crippen LogP contribution in [0.3, 0.4) is 0 Å². The summed E-state index contributed by atoms with van der Waals surface area (Å²) in [5.41, 5.74) is 0.549. The number of esters is 1. The molecule has 0 unspecified atom stereocenters. The fourth-order valence-electron chi connectivity index (χ4n) is 2.30. The molecule has 0 radical (unpaired) electrons. The molecule has 0 atom stereocenters. The van der Waals surface area contributed by atoms with Crippen LogP contribution < -0.4 is 9.47 Å². The van der Waals surface area contributed by atoms with Crippen LogP contribution in [0, 0.1) is 3.95 Å². The maximum Gasteiger partial charge on any atom is 0.340 e. The summed E-state index contributed by atoms with van der Waals surface area (Å²) in [6, 6.07) is 3.07. The minimum Gasteiger partial charge on any atom is -0.493 e. The quantitative estimate of drug-likeness (QED) is 0.433. The lowest BCUT2D eigenvalue weighted by Gasteiger charge is -2.11. The number of carbonyl (C=O) groups excluding carboxylic acids is 1. The van der Waals surface area contributed by atoms with Crippen LogP contribution in [-0.4, -0.2) is 43.2 Å². The lowest BCUT2D eigenvalue weighted by atomic mass is 10.1. The first-order valence-corrected chi connectivity index (χ1v) is 9.00. The van der Waals surface area contributed by atoms with Crippen molar-refractivity contribution in [1.82, 2.24) is 4.57 Å². The van der Waals surface area contributed by atoms with Crippen molar-refractivity contribution in [3.63, 3.8) is 0 Å². The largest absolute Gasteiger partial charge is 0.493 e. The molecule has 7 nitrogen and oxygen atoms in total. The summed E-state index contributed by atoms with van der Waals surface area (Å²) in [7, 11) is 4.25. The maximum absolute atomic E-state index is 12.1. The van der Waals surface area contributed by atoms with E-state index in [0.717, 1.165) is 6.42 Å². The highest BCUT2D eigenvalue weighted by molar-refractivity contribution is 7.73. The molecule has 0 amide bonds. The van der Waals surface area contributed by atoms with E-state index in [9.17, 15) is 9.90 Å². The highest BCUT2D eigenvalue weighted by Gasteiger charge is 2.17. The van der Waals surface area contributed by atoms with Crippen molar-refractivity contribution in [3.05, 3.63) is 26.5 Å². The summed E-state index contributed by atoms with van der Waals surface area (Å²) in [4.78, 5) is 16.9. The highest BCUT2D eigenvalue weighted by atomic mass is 32.1. The van der Waals surface area contributed by atoms with Gasteiger partial charge in [0.15, 0.2) is 15.5 Å². The van der Waals surface area contributed by atoms with Gasteiger partial charge in [-0.05, 0) is 18.6 Å². The zero-order valence-corrected chi connectivity index (χ0v) is 16.6. The minimum atomic E-state index is -0.557. The van der Waals surface area contributed by atoms with Crippen molar-refractivity contribution in [2.75, 3.05) is 21.3 Å². The second-order valence-corrected chi connectivity index (χ2v) is 6.86. The van der Waals surface area contributed by atoms with Crippen molar-refractivity contribution >= 4 is 41.4 Å². The van der Waals surface area contributed by atoms with Gasteiger partial charge in [-0.1, -0.05) is 18.3 Å². The van der Waals surface area contributed by atoms with Crippen LogP contribution in [-0.2, 0) is 11.3 Å². The van der Waals surface area contributed by atoms with Crippen LogP contribution >= 0.6 is 23.6 Å². The Hall–Kier alpha value is -2.39. The van der Waals surface area contributed by atoms with Gasteiger partial charge in [-0.25, -0.2) is 4.79 Å². The number of aromatic hydroxyl groups is 1. The average Bonchev–Trinajstić information content (AvgIpc) is 2.92. The van der Waals surface area contributed by atoms with Gasteiger partial charge in [-0.15, -0.1) is 0 Å². The fraction of sp³-hybridized carbons (Fsp3) is 0.353. The number of thiazole rings is 1. The summed E-state index contributed by atoms with van der Waals surface area (Å²) < 4.78 is 17.5. The summed E-state index contributed by atoms with van der Waals surface area (Å²) in [5, 5.41) is 10.3. The molecular weight excluding hydrogens is 376 g/mol. The van der Waals surface area contributed by atoms with Gasteiger partial charge in [0, 0.05) is 18.7 Å². The molecule has 0 aliphatic rings. The van der Waals surface area contributed by atoms with Crippen LogP contribution in [0.2, 0.25) is 0 Å². The van der Waals surface area contributed by atoms with E-state index in [1.807, 2.05) is 6.92 Å². The fourth-order valence-corrected chi connectivity index (χ4v) is 3.53. The predicted octanol–water partition coefficient (Wildman–Crippen LogP) is 3.95. The summed E-state index contributed by atoms with van der Waals surface area (Å²) in [6.07, 6.45) is 2.31. The Bertz CT molecular complexity index is 886. The van der Waals surface area contributed by atoms with Crippen molar-refractivity contribution in [1.29, 1.82) is 0 Å². The number of carbonyl (C=O) groups is 1. The Morgan fingerprint density at radius 3 is 2.54 bits per heavy atom. The molecule has 1 aromatic carbocycles. The number of benzene rings is 1. The smallest absolute Gasteiger partial charge is 0.340 e. The second-order valence-electron chi connectivity index (χ2n) is 5.18. The van der Waals surface area contributed by atoms with Gasteiger partial charge in [0.25, 0.3) is 0 Å². The molecule has 140 valence electrons. The number of ether oxygens (including phenoxy) is 3. The summed E-state index contributed by atoms with van der Waals surface area (Å²) >= 11 is 6.51. The lowest BCUT2D eigenvalue weighted by molar-refractivity contribution is 0.0601. The zero-order chi connectivity index (χ0) is 19.3. The van der Waals surface area contributed by atoms with Gasteiger partial charge < -0.3 is 19.3 Å². The average molecular weight is 396 g/mol. The predicted molar refractivity (Wildman–Crippen MR) is 103 cm³/mol. The Kier molecular flexibility index (Phi) is 6.76. The molecule has 0 aliphatic heterocycles. The number of aromatic nitrogens is 1. The number of aliphatic imine (C=N–C) groups is 1. The van der Waals surface area contributed by atoms with Crippen molar-refractivity contribution in [2.24, 2.45) is 4.99 Å². The summed E-state index contributed by atoms with van der Waals surface area (Å²) in [6.45, 7) is 2.62. The van der Waals surface area contributed by atoms with Crippen LogP contribution in [0.5, 0.6) is 17.4 Å². The third-order valence-corrected chi connectivity index (χ3v) is 4.94. The van der Waals surface area contributed by atoms with Gasteiger partial charge in [0.2, 0.25) is 5.88 Å². The van der Waals surface area contributed by atoms with Gasteiger partial charge >= 0.3 is 5.97 Å². The molecule has 0 aliphatic carbocycles. The van der Waals surface area contributed by atoms with Crippen molar-refractivity contribution < 1.29 is 24.1 Å². The minimum absolute atomic E-state index is 0.0608. The SMILES string of the molecule is CCCn1c(O)c(C=Nc2cc(OC)c(OC)cc2C(=O)OC)sc1=S. The first-order chi connectivity index (χ1) is 12.5. The molecule has 26 heavy (non-hydrogen) atoms. The number of hydrogen-bond acceptors (Lipinski definition) is 8. The molecule has 0 fully saturated rings. The molecule has 0 saturated heterocycles. The van der Waals surface area contributed by atoms with E-state index >= 15 is 0 Å². The Labute approximate surface area is 160 Å². The molecule has 0 spiro atoms. The molecule has 0 saturated carbocycles. The molecule has 9 heteroatoms. The molecule has 0 bridgehead atoms. The second kappa shape index (κ2) is 8.81. The molecule has 2 aromatic rings. The zero-order valence-electron chi connectivity index (χ0n) is 14.9. The van der Waals surface area contributed by atoms with Gasteiger partial charge in [0.1, 0.15) is 4.88 Å². The highest BCUT2D eigenvalue weighted by Crippen LogP contribution is 2.35. The topological polar surface area (TPSA) is 82.3 Å². The van der Waals surface area contributed by atoms with Crippen molar-refractivity contribution in [2.45, 2.75) is 19.9 Å². The van der Waals surface area contributed by atoms with E-state index in [2.05, 4.69) is 4.99 Å². The Balaban J connectivity index is 2.51. The molecule has 2 rings (SSSR count). The van der Waals surface area contributed by atoms with E-state index in [-0.39, 0.29) is 11.4 Å². The number of hydrogen-bond donors (Lipinski definition) is 1. The van der Waals surface area contributed by atoms with Crippen LogP contribution in [0.4, 0.5) is 5.69 Å². The van der Waals surface area contributed by atoms with E-state index in [4.69, 9.17) is 26.4 Å². The molecule has 1 aromatic heterocycles. The lowest BCUT2D eigenvalue weighted by Crippen LogP contribution is -2.03. The Morgan fingerprint density at radius 1 is 1.31 bits per heavy atom. The third-order valence-electron chi connectivity index (χ3n) is 3.57. The molecule has 1 N–H and O–H groups in total. The number of methoxy groups -OCH3 is 3. The van der Waals surface area contributed by atoms with E-state index < -0.39 is 5.97 Å². The van der Waals surface area contributed by atoms with Crippen LogP contribution in [0.25, 0.3) is 0 Å². The number of nitrogens with zero attached hydrogens (tertiary/aromatic N) is 2. The Morgan fingerprint density at radius 2 is 1.96 bits per heavy atom. The normalized spacial score (nSPS) is 10.9. The summed E-state index contributed by atoms with van der Waals surface area (Å²) in [5.74, 6) is 0.316. The standard InChI is InChI=1S/C17H20N2O5S2/c1-5-6-19-15(20)14(26-17(19)25)9-18-11-8-13(23-3)12(22-2)7-10(11)16(21)24-4/h7-9,20H,5-6H2,1-4H3. The van der Waals surface area contributed by atoms with Gasteiger partial charge in [-0.3, -0.25) is 9.56 Å². The van der Waals surface area contributed by atoms with E-state index in [0.29, 0.717) is 32.6 Å². The van der Waals surface area contributed by atoms with Crippen molar-refractivity contribution in [3.8, 4) is 17.4 Å². The maximum atomic E-state index is 12.1. The van der Waals surface area contributed by atoms with Crippen LogP contribution in [0.15, 0.2) is 17.1 Å². The molecular formula is C17H20N2O5S2. The van der Waals surface area contributed by atoms with Gasteiger partial charge in [0.05, 0.1) is 38.8 Å². The van der Waals surface area contributed by atoms with E-state index in [1.165, 1.54) is 44.9 Å². The third kappa shape index (κ3) is 4.05. The van der Waals surface area contributed by atoms with E-state index in [1.54, 1.807) is 10.6 Å².